The third-order valence-corrected chi connectivity index (χ3v) is 4.64. The van der Waals surface area contributed by atoms with Gasteiger partial charge in [0.2, 0.25) is 6.79 Å². The summed E-state index contributed by atoms with van der Waals surface area (Å²) in [6.07, 6.45) is 1.82. The molecule has 7 heteroatoms. The number of anilines is 1. The molecule has 0 aliphatic carbocycles. The average Bonchev–Trinajstić information content (AvgIpc) is 3.16. The van der Waals surface area contributed by atoms with Crippen LogP contribution in [0.25, 0.3) is 6.08 Å². The number of rotatable bonds is 6. The second-order valence-corrected chi connectivity index (χ2v) is 7.29. The molecule has 152 valence electrons. The lowest BCUT2D eigenvalue weighted by Crippen LogP contribution is -2.29. The van der Waals surface area contributed by atoms with Crippen molar-refractivity contribution in [3.63, 3.8) is 0 Å². The Balaban J connectivity index is 1.60. The summed E-state index contributed by atoms with van der Waals surface area (Å²) in [4.78, 5) is 24.5. The van der Waals surface area contributed by atoms with Crippen LogP contribution in [0.15, 0.2) is 42.5 Å². The van der Waals surface area contributed by atoms with Crippen molar-refractivity contribution in [2.45, 2.75) is 32.8 Å². The zero-order valence-corrected chi connectivity index (χ0v) is 17.2. The summed E-state index contributed by atoms with van der Waals surface area (Å²) in [6.45, 7) is 5.72. The number of amides is 1. The fourth-order valence-electron chi connectivity index (χ4n) is 2.86. The number of para-hydroxylation sites is 1. The van der Waals surface area contributed by atoms with E-state index in [4.69, 9.17) is 25.8 Å². The van der Waals surface area contributed by atoms with Gasteiger partial charge in [0.15, 0.2) is 17.6 Å². The molecule has 1 aliphatic rings. The van der Waals surface area contributed by atoms with Crippen molar-refractivity contribution >= 4 is 35.2 Å². The number of hydrogen-bond acceptors (Lipinski definition) is 5. The van der Waals surface area contributed by atoms with E-state index < -0.39 is 18.0 Å². The van der Waals surface area contributed by atoms with E-state index in [0.717, 1.165) is 5.56 Å². The lowest BCUT2D eigenvalue weighted by molar-refractivity contribution is -0.148. The van der Waals surface area contributed by atoms with Gasteiger partial charge in [-0.25, -0.2) is 4.79 Å². The van der Waals surface area contributed by atoms with Gasteiger partial charge in [-0.1, -0.05) is 43.6 Å². The van der Waals surface area contributed by atoms with E-state index >= 15 is 0 Å². The molecule has 1 heterocycles. The van der Waals surface area contributed by atoms with Crippen LogP contribution in [0.3, 0.4) is 0 Å². The molecule has 6 nitrogen and oxygen atoms in total. The summed E-state index contributed by atoms with van der Waals surface area (Å²) >= 11 is 6.12. The predicted molar refractivity (Wildman–Crippen MR) is 111 cm³/mol. The molecule has 2 aromatic carbocycles. The SMILES string of the molecule is CC(C)c1ccccc1NC(=O)[C@H](C)OC(=O)/C=C/c1cc(Cl)c2c(c1)OCO2. The summed E-state index contributed by atoms with van der Waals surface area (Å²) in [6, 6.07) is 10.9. The average molecular weight is 416 g/mol. The van der Waals surface area contributed by atoms with Crippen molar-refractivity contribution in [2.75, 3.05) is 12.1 Å². The third kappa shape index (κ3) is 5.09. The molecule has 1 aliphatic heterocycles. The van der Waals surface area contributed by atoms with Crippen LogP contribution in [0.4, 0.5) is 5.69 Å². The highest BCUT2D eigenvalue weighted by molar-refractivity contribution is 6.32. The molecule has 3 rings (SSSR count). The van der Waals surface area contributed by atoms with Crippen LogP contribution in [0.1, 0.15) is 37.8 Å². The Kier molecular flexibility index (Phi) is 6.44. The Labute approximate surface area is 174 Å². The lowest BCUT2D eigenvalue weighted by atomic mass is 10.0. The molecule has 0 unspecified atom stereocenters. The number of fused-ring (bicyclic) bond motifs is 1. The number of ether oxygens (including phenoxy) is 3. The van der Waals surface area contributed by atoms with E-state index in [1.165, 1.54) is 19.1 Å². The van der Waals surface area contributed by atoms with Gasteiger partial charge < -0.3 is 19.5 Å². The standard InChI is InChI=1S/C22H22ClNO5/c1-13(2)16-6-4-5-7-18(16)24-22(26)14(3)29-20(25)9-8-15-10-17(23)21-19(11-15)27-12-28-21/h4-11,13-14H,12H2,1-3H3,(H,24,26)/b9-8+/t14-/m0/s1. The van der Waals surface area contributed by atoms with Crippen molar-refractivity contribution in [1.82, 2.24) is 0 Å². The minimum absolute atomic E-state index is 0.108. The van der Waals surface area contributed by atoms with Crippen molar-refractivity contribution < 1.29 is 23.8 Å². The highest BCUT2D eigenvalue weighted by atomic mass is 35.5. The Morgan fingerprint density at radius 3 is 2.69 bits per heavy atom. The van der Waals surface area contributed by atoms with Gasteiger partial charge in [-0.2, -0.15) is 0 Å². The monoisotopic (exact) mass is 415 g/mol. The Morgan fingerprint density at radius 1 is 1.17 bits per heavy atom. The molecular weight excluding hydrogens is 394 g/mol. The summed E-state index contributed by atoms with van der Waals surface area (Å²) < 4.78 is 15.7. The number of hydrogen-bond donors (Lipinski definition) is 1. The predicted octanol–water partition coefficient (Wildman–Crippen LogP) is 4.78. The quantitative estimate of drug-likeness (QED) is 0.543. The minimum atomic E-state index is -0.951. The highest BCUT2D eigenvalue weighted by Crippen LogP contribution is 2.40. The summed E-state index contributed by atoms with van der Waals surface area (Å²) in [5.74, 6) is 0.214. The van der Waals surface area contributed by atoms with Crippen LogP contribution < -0.4 is 14.8 Å². The second kappa shape index (κ2) is 9.01. The normalized spacial score (nSPS) is 13.6. The van der Waals surface area contributed by atoms with Crippen LogP contribution in [0.2, 0.25) is 5.02 Å². The maximum absolute atomic E-state index is 12.4. The smallest absolute Gasteiger partial charge is 0.331 e. The molecule has 1 amide bonds. The van der Waals surface area contributed by atoms with E-state index in [2.05, 4.69) is 5.32 Å². The number of carbonyl (C=O) groups excluding carboxylic acids is 2. The van der Waals surface area contributed by atoms with E-state index in [0.29, 0.717) is 27.8 Å². The van der Waals surface area contributed by atoms with Crippen molar-refractivity contribution in [3.05, 3.63) is 58.6 Å². The van der Waals surface area contributed by atoms with Gasteiger partial charge in [0.25, 0.3) is 5.91 Å². The molecule has 0 spiro atoms. The zero-order chi connectivity index (χ0) is 21.0. The van der Waals surface area contributed by atoms with Gasteiger partial charge in [0.1, 0.15) is 0 Å². The first-order valence-corrected chi connectivity index (χ1v) is 9.60. The Bertz CT molecular complexity index is 954. The van der Waals surface area contributed by atoms with E-state index in [1.54, 1.807) is 12.1 Å². The number of esters is 1. The first-order valence-electron chi connectivity index (χ1n) is 9.22. The minimum Gasteiger partial charge on any atom is -0.454 e. The van der Waals surface area contributed by atoms with Crippen molar-refractivity contribution in [3.8, 4) is 11.5 Å². The molecule has 1 atom stereocenters. The maximum atomic E-state index is 12.4. The van der Waals surface area contributed by atoms with Gasteiger partial charge in [0, 0.05) is 11.8 Å². The van der Waals surface area contributed by atoms with Crippen molar-refractivity contribution in [1.29, 1.82) is 0 Å². The molecule has 2 aromatic rings. The van der Waals surface area contributed by atoms with Crippen LogP contribution in [-0.2, 0) is 14.3 Å². The van der Waals surface area contributed by atoms with Gasteiger partial charge in [-0.15, -0.1) is 0 Å². The van der Waals surface area contributed by atoms with Gasteiger partial charge >= 0.3 is 5.97 Å². The van der Waals surface area contributed by atoms with E-state index in [-0.39, 0.29) is 12.7 Å². The largest absolute Gasteiger partial charge is 0.454 e. The van der Waals surface area contributed by atoms with Crippen LogP contribution in [0.5, 0.6) is 11.5 Å². The lowest BCUT2D eigenvalue weighted by Gasteiger charge is -2.16. The van der Waals surface area contributed by atoms with Crippen LogP contribution in [0, 0.1) is 0 Å². The first kappa shape index (κ1) is 20.7. The Hall–Kier alpha value is -2.99. The topological polar surface area (TPSA) is 73.9 Å². The fraction of sp³-hybridized carbons (Fsp3) is 0.273. The molecule has 0 saturated heterocycles. The van der Waals surface area contributed by atoms with Crippen LogP contribution in [-0.4, -0.2) is 24.8 Å². The second-order valence-electron chi connectivity index (χ2n) is 6.88. The molecule has 0 aromatic heterocycles. The molecular formula is C22H22ClNO5. The summed E-state index contributed by atoms with van der Waals surface area (Å²) in [5.41, 5.74) is 2.37. The third-order valence-electron chi connectivity index (χ3n) is 4.36. The van der Waals surface area contributed by atoms with Crippen LogP contribution >= 0.6 is 11.6 Å². The summed E-state index contributed by atoms with van der Waals surface area (Å²) in [5, 5.41) is 3.21. The number of halogens is 1. The molecule has 0 saturated carbocycles. The maximum Gasteiger partial charge on any atom is 0.331 e. The molecule has 0 bridgehead atoms. The van der Waals surface area contributed by atoms with Gasteiger partial charge in [0.05, 0.1) is 5.02 Å². The number of carbonyl (C=O) groups is 2. The Morgan fingerprint density at radius 2 is 1.93 bits per heavy atom. The molecule has 1 N–H and O–H groups in total. The highest BCUT2D eigenvalue weighted by Gasteiger charge is 2.19. The van der Waals surface area contributed by atoms with E-state index in [1.807, 2.05) is 38.1 Å². The molecule has 0 radical (unpaired) electrons. The fourth-order valence-corrected chi connectivity index (χ4v) is 3.14. The summed E-state index contributed by atoms with van der Waals surface area (Å²) in [7, 11) is 0. The van der Waals surface area contributed by atoms with Crippen molar-refractivity contribution in [2.24, 2.45) is 0 Å². The first-order chi connectivity index (χ1) is 13.8. The molecule has 29 heavy (non-hydrogen) atoms. The zero-order valence-electron chi connectivity index (χ0n) is 16.4. The molecule has 0 fully saturated rings. The van der Waals surface area contributed by atoms with Gasteiger partial charge in [-0.05, 0) is 48.2 Å². The number of nitrogens with one attached hydrogen (secondary N) is 1. The number of benzene rings is 2. The van der Waals surface area contributed by atoms with Gasteiger partial charge in [-0.3, -0.25) is 4.79 Å². The van der Waals surface area contributed by atoms with E-state index in [9.17, 15) is 9.59 Å².